The van der Waals surface area contributed by atoms with Gasteiger partial charge in [-0.2, -0.15) is 0 Å². The fourth-order valence-electron chi connectivity index (χ4n) is 2.71. The summed E-state index contributed by atoms with van der Waals surface area (Å²) in [4.78, 5) is 6.36. The molecule has 2 nitrogen and oxygen atoms in total. The van der Waals surface area contributed by atoms with Crippen molar-refractivity contribution in [3.63, 3.8) is 0 Å². The zero-order chi connectivity index (χ0) is 17.8. The van der Waals surface area contributed by atoms with Gasteiger partial charge in [0.2, 0.25) is 0 Å². The molecule has 0 aliphatic carbocycles. The third-order valence-electron chi connectivity index (χ3n) is 3.96. The third kappa shape index (κ3) is 3.79. The molecule has 4 heteroatoms. The molecule has 0 aliphatic rings. The first-order valence-electron chi connectivity index (χ1n) is 8.31. The zero-order valence-corrected chi connectivity index (χ0v) is 15.5. The van der Waals surface area contributed by atoms with Crippen LogP contribution in [0.1, 0.15) is 10.4 Å². The van der Waals surface area contributed by atoms with Crippen LogP contribution in [0.25, 0.3) is 11.3 Å². The standard InChI is InChI=1S/C22H16ClNOS/c23-18-13-7-8-14-19(18)24-22-25-21(17-11-5-2-6-12-17)20(26-22)15-16-9-3-1-4-10-16/h1-14H,15H2. The molecule has 0 amide bonds. The SMILES string of the molecule is Clc1ccccc1N=c1oc(-c2ccccc2)c(Cc2ccccc2)s1. The molecule has 0 aliphatic heterocycles. The van der Waals surface area contributed by atoms with Crippen molar-refractivity contribution in [2.24, 2.45) is 4.99 Å². The summed E-state index contributed by atoms with van der Waals surface area (Å²) in [6.07, 6.45) is 0.803. The second kappa shape index (κ2) is 7.73. The van der Waals surface area contributed by atoms with Gasteiger partial charge in [-0.3, -0.25) is 0 Å². The number of benzene rings is 3. The number of hydrogen-bond acceptors (Lipinski definition) is 3. The monoisotopic (exact) mass is 377 g/mol. The van der Waals surface area contributed by atoms with Gasteiger partial charge in [0.1, 0.15) is 0 Å². The molecule has 0 spiro atoms. The summed E-state index contributed by atoms with van der Waals surface area (Å²) in [5.41, 5.74) is 3.01. The van der Waals surface area contributed by atoms with E-state index in [0.29, 0.717) is 15.6 Å². The number of para-hydroxylation sites is 1. The highest BCUT2D eigenvalue weighted by Gasteiger charge is 2.13. The van der Waals surface area contributed by atoms with Crippen molar-refractivity contribution in [1.82, 2.24) is 0 Å². The van der Waals surface area contributed by atoms with Crippen LogP contribution in [0.15, 0.2) is 94.3 Å². The largest absolute Gasteiger partial charge is 0.429 e. The van der Waals surface area contributed by atoms with Crippen molar-refractivity contribution >= 4 is 28.6 Å². The van der Waals surface area contributed by atoms with Crippen molar-refractivity contribution in [1.29, 1.82) is 0 Å². The summed E-state index contributed by atoms with van der Waals surface area (Å²) in [6, 6.07) is 28.0. The number of rotatable bonds is 4. The van der Waals surface area contributed by atoms with E-state index >= 15 is 0 Å². The smallest absolute Gasteiger partial charge is 0.279 e. The maximum absolute atomic E-state index is 6.24. The highest BCUT2D eigenvalue weighted by molar-refractivity contribution is 7.09. The fraction of sp³-hybridized carbons (Fsp3) is 0.0455. The number of nitrogens with zero attached hydrogens (tertiary/aromatic N) is 1. The summed E-state index contributed by atoms with van der Waals surface area (Å²) in [5.74, 6) is 0.866. The van der Waals surface area contributed by atoms with E-state index in [1.165, 1.54) is 5.56 Å². The van der Waals surface area contributed by atoms with Crippen molar-refractivity contribution in [3.8, 4) is 11.3 Å². The van der Waals surface area contributed by atoms with Gasteiger partial charge in [-0.05, 0) is 17.7 Å². The summed E-state index contributed by atoms with van der Waals surface area (Å²) < 4.78 is 6.13. The lowest BCUT2D eigenvalue weighted by molar-refractivity contribution is 0.536. The highest BCUT2D eigenvalue weighted by atomic mass is 35.5. The lowest BCUT2D eigenvalue weighted by Gasteiger charge is -2.01. The fourth-order valence-corrected chi connectivity index (χ4v) is 3.86. The molecule has 4 aromatic rings. The second-order valence-electron chi connectivity index (χ2n) is 5.81. The van der Waals surface area contributed by atoms with Crippen LogP contribution in [0.3, 0.4) is 0 Å². The molecule has 0 saturated carbocycles. The van der Waals surface area contributed by atoms with Crippen LogP contribution < -0.4 is 4.87 Å². The maximum Gasteiger partial charge on any atom is 0.279 e. The lowest BCUT2D eigenvalue weighted by atomic mass is 10.1. The molecule has 0 bridgehead atoms. The Morgan fingerprint density at radius 1 is 0.808 bits per heavy atom. The van der Waals surface area contributed by atoms with Crippen LogP contribution in [0, 0.1) is 0 Å². The Morgan fingerprint density at radius 3 is 2.19 bits per heavy atom. The predicted molar refractivity (Wildman–Crippen MR) is 108 cm³/mol. The van der Waals surface area contributed by atoms with Crippen molar-refractivity contribution in [2.45, 2.75) is 6.42 Å². The first-order chi connectivity index (χ1) is 12.8. The van der Waals surface area contributed by atoms with E-state index in [2.05, 4.69) is 41.4 Å². The van der Waals surface area contributed by atoms with Crippen molar-refractivity contribution in [2.75, 3.05) is 0 Å². The normalized spacial score (nSPS) is 11.7. The first-order valence-corrected chi connectivity index (χ1v) is 9.50. The molecular formula is C22H16ClNOS. The molecule has 1 aromatic heterocycles. The minimum atomic E-state index is 0.600. The average Bonchev–Trinajstić information content (AvgIpc) is 3.07. The van der Waals surface area contributed by atoms with Gasteiger partial charge in [-0.25, -0.2) is 4.99 Å². The highest BCUT2D eigenvalue weighted by Crippen LogP contribution is 2.29. The Kier molecular flexibility index (Phi) is 5.00. The molecule has 0 N–H and O–H groups in total. The molecule has 3 aromatic carbocycles. The number of halogens is 1. The van der Waals surface area contributed by atoms with E-state index in [4.69, 9.17) is 16.0 Å². The van der Waals surface area contributed by atoms with E-state index in [0.717, 1.165) is 22.6 Å². The second-order valence-corrected chi connectivity index (χ2v) is 7.27. The molecule has 1 heterocycles. The Balaban J connectivity index is 1.81. The molecule has 128 valence electrons. The Morgan fingerprint density at radius 2 is 1.46 bits per heavy atom. The predicted octanol–water partition coefficient (Wildman–Crippen LogP) is 6.48. The van der Waals surface area contributed by atoms with Crippen LogP contribution in [-0.4, -0.2) is 0 Å². The Labute approximate surface area is 161 Å². The molecule has 0 fully saturated rings. The first kappa shape index (κ1) is 16.8. The molecule has 0 radical (unpaired) electrons. The van der Waals surface area contributed by atoms with Gasteiger partial charge in [-0.15, -0.1) is 0 Å². The molecule has 0 unspecified atom stereocenters. The van der Waals surface area contributed by atoms with E-state index in [9.17, 15) is 0 Å². The van der Waals surface area contributed by atoms with Gasteiger partial charge >= 0.3 is 0 Å². The third-order valence-corrected chi connectivity index (χ3v) is 5.21. The summed E-state index contributed by atoms with van der Waals surface area (Å²) in [6.45, 7) is 0. The molecule has 0 saturated heterocycles. The van der Waals surface area contributed by atoms with Gasteiger partial charge in [0, 0.05) is 12.0 Å². The lowest BCUT2D eigenvalue weighted by Crippen LogP contribution is -1.88. The quantitative estimate of drug-likeness (QED) is 0.399. The van der Waals surface area contributed by atoms with Gasteiger partial charge in [0.25, 0.3) is 4.87 Å². The Bertz CT molecular complexity index is 1070. The summed E-state index contributed by atoms with van der Waals surface area (Å²) in [5, 5.41) is 0.613. The van der Waals surface area contributed by atoms with Gasteiger partial charge < -0.3 is 4.42 Å². The minimum Gasteiger partial charge on any atom is -0.429 e. The van der Waals surface area contributed by atoms with Crippen LogP contribution in [0.2, 0.25) is 5.02 Å². The van der Waals surface area contributed by atoms with Crippen molar-refractivity contribution in [3.05, 3.63) is 105 Å². The van der Waals surface area contributed by atoms with E-state index < -0.39 is 0 Å². The van der Waals surface area contributed by atoms with Crippen LogP contribution in [-0.2, 0) is 6.42 Å². The van der Waals surface area contributed by atoms with Crippen LogP contribution in [0.4, 0.5) is 5.69 Å². The van der Waals surface area contributed by atoms with E-state index in [1.54, 1.807) is 11.3 Å². The van der Waals surface area contributed by atoms with Crippen molar-refractivity contribution < 1.29 is 4.42 Å². The average molecular weight is 378 g/mol. The molecular weight excluding hydrogens is 362 g/mol. The molecule has 4 rings (SSSR count). The Hall–Kier alpha value is -2.62. The van der Waals surface area contributed by atoms with Gasteiger partial charge in [0.15, 0.2) is 5.76 Å². The van der Waals surface area contributed by atoms with Gasteiger partial charge in [-0.1, -0.05) is 95.7 Å². The summed E-state index contributed by atoms with van der Waals surface area (Å²) in [7, 11) is 0. The molecule has 0 atom stereocenters. The van der Waals surface area contributed by atoms with E-state index in [1.807, 2.05) is 48.5 Å². The minimum absolute atomic E-state index is 0.600. The number of hydrogen-bond donors (Lipinski definition) is 0. The van der Waals surface area contributed by atoms with Crippen LogP contribution in [0.5, 0.6) is 0 Å². The topological polar surface area (TPSA) is 25.5 Å². The zero-order valence-electron chi connectivity index (χ0n) is 13.9. The summed E-state index contributed by atoms with van der Waals surface area (Å²) >= 11 is 7.80. The van der Waals surface area contributed by atoms with Crippen LogP contribution >= 0.6 is 22.9 Å². The van der Waals surface area contributed by atoms with E-state index in [-0.39, 0.29) is 0 Å². The maximum atomic E-state index is 6.24. The molecule has 26 heavy (non-hydrogen) atoms. The van der Waals surface area contributed by atoms with Gasteiger partial charge in [0.05, 0.1) is 15.6 Å².